The van der Waals surface area contributed by atoms with E-state index in [1.54, 1.807) is 20.8 Å². The van der Waals surface area contributed by atoms with Crippen molar-refractivity contribution in [1.82, 2.24) is 5.32 Å². The number of carbonyl (C=O) groups excluding carboxylic acids is 1. The summed E-state index contributed by atoms with van der Waals surface area (Å²) in [7, 11) is 0. The van der Waals surface area contributed by atoms with Crippen LogP contribution in [0.3, 0.4) is 0 Å². The van der Waals surface area contributed by atoms with Gasteiger partial charge in [-0.25, -0.2) is 4.79 Å². The van der Waals surface area contributed by atoms with Crippen molar-refractivity contribution >= 4 is 11.8 Å². The molecule has 8 nitrogen and oxygen atoms in total. The van der Waals surface area contributed by atoms with Crippen LogP contribution >= 0.6 is 0 Å². The van der Waals surface area contributed by atoms with Crippen molar-refractivity contribution in [3.8, 4) is 5.75 Å². The van der Waals surface area contributed by atoms with Crippen molar-refractivity contribution in [2.24, 2.45) is 5.73 Å². The molecule has 122 valence electrons. The van der Waals surface area contributed by atoms with E-state index in [1.807, 2.05) is 0 Å². The Labute approximate surface area is 128 Å². The number of nitrogens with two attached hydrogens (primary N) is 1. The molecule has 1 aromatic carbocycles. The van der Waals surface area contributed by atoms with Gasteiger partial charge in [-0.3, -0.25) is 10.1 Å². The number of ether oxygens (including phenoxy) is 1. The van der Waals surface area contributed by atoms with Gasteiger partial charge in [-0.05, 0) is 33.3 Å². The second-order valence-electron chi connectivity index (χ2n) is 5.85. The highest BCUT2D eigenvalue weighted by atomic mass is 16.6. The molecule has 0 aliphatic rings. The Morgan fingerprint density at radius 1 is 1.50 bits per heavy atom. The Kier molecular flexibility index (Phi) is 5.69. The van der Waals surface area contributed by atoms with Crippen LogP contribution in [0.1, 0.15) is 26.3 Å². The summed E-state index contributed by atoms with van der Waals surface area (Å²) < 4.78 is 5.12. The van der Waals surface area contributed by atoms with Gasteiger partial charge in [0.05, 0.1) is 4.92 Å². The molecule has 1 rings (SSSR count). The van der Waals surface area contributed by atoms with Gasteiger partial charge in [0.1, 0.15) is 11.4 Å². The molecule has 0 radical (unpaired) electrons. The minimum absolute atomic E-state index is 0.0879. The van der Waals surface area contributed by atoms with E-state index in [1.165, 1.54) is 18.2 Å². The summed E-state index contributed by atoms with van der Waals surface area (Å²) in [5, 5.41) is 23.1. The van der Waals surface area contributed by atoms with Gasteiger partial charge in [0.25, 0.3) is 5.69 Å². The minimum atomic E-state index is -0.642. The molecule has 0 aliphatic carbocycles. The third-order valence-electron chi connectivity index (χ3n) is 2.75. The van der Waals surface area contributed by atoms with Gasteiger partial charge < -0.3 is 20.9 Å². The van der Waals surface area contributed by atoms with Crippen LogP contribution in [0, 0.1) is 10.1 Å². The molecule has 0 bridgehead atoms. The van der Waals surface area contributed by atoms with Crippen LogP contribution in [-0.2, 0) is 11.2 Å². The number of nitrogens with one attached hydrogen (secondary N) is 1. The highest BCUT2D eigenvalue weighted by molar-refractivity contribution is 5.68. The fourth-order valence-corrected chi connectivity index (χ4v) is 1.78. The summed E-state index contributed by atoms with van der Waals surface area (Å²) in [4.78, 5) is 21.9. The summed E-state index contributed by atoms with van der Waals surface area (Å²) in [5.74, 6) is -0.0879. The van der Waals surface area contributed by atoms with Gasteiger partial charge in [0, 0.05) is 30.3 Å². The molecule has 22 heavy (non-hydrogen) atoms. The average molecular weight is 311 g/mol. The van der Waals surface area contributed by atoms with Gasteiger partial charge in [-0.2, -0.15) is 0 Å². The zero-order valence-electron chi connectivity index (χ0n) is 12.8. The molecule has 0 saturated heterocycles. The second kappa shape index (κ2) is 7.08. The van der Waals surface area contributed by atoms with Crippen LogP contribution < -0.4 is 11.1 Å². The fraction of sp³-hybridized carbons (Fsp3) is 0.500. The molecule has 1 atom stereocenters. The maximum atomic E-state index is 11.7. The first kappa shape index (κ1) is 17.7. The minimum Gasteiger partial charge on any atom is -0.508 e. The summed E-state index contributed by atoms with van der Waals surface area (Å²) in [6.07, 6.45) is -0.476. The highest BCUT2D eigenvalue weighted by Crippen LogP contribution is 2.24. The molecule has 8 heteroatoms. The van der Waals surface area contributed by atoms with Crippen LogP contribution in [-0.4, -0.2) is 34.3 Å². The largest absolute Gasteiger partial charge is 0.508 e. The number of nitro benzene ring substituents is 1. The third-order valence-corrected chi connectivity index (χ3v) is 2.75. The van der Waals surface area contributed by atoms with E-state index in [-0.39, 0.29) is 24.4 Å². The normalized spacial score (nSPS) is 12.5. The quantitative estimate of drug-likeness (QED) is 0.561. The predicted octanol–water partition coefficient (Wildman–Crippen LogP) is 1.69. The number of aromatic hydroxyl groups is 1. The van der Waals surface area contributed by atoms with Crippen molar-refractivity contribution in [1.29, 1.82) is 0 Å². The van der Waals surface area contributed by atoms with Gasteiger partial charge in [-0.15, -0.1) is 0 Å². The van der Waals surface area contributed by atoms with E-state index in [0.29, 0.717) is 5.56 Å². The number of phenols is 1. The van der Waals surface area contributed by atoms with Crippen molar-refractivity contribution in [3.63, 3.8) is 0 Å². The van der Waals surface area contributed by atoms with Crippen LogP contribution in [0.25, 0.3) is 0 Å². The summed E-state index contributed by atoms with van der Waals surface area (Å²) in [6.45, 7) is 5.30. The van der Waals surface area contributed by atoms with Crippen molar-refractivity contribution in [3.05, 3.63) is 33.9 Å². The standard InChI is InChI=1S/C14H21N3O5/c1-14(2,3)22-13(19)16-10(8-15)6-9-7-11(17(20)21)4-5-12(9)18/h4-5,7,10,18H,6,8,15H2,1-3H3,(H,16,19). The zero-order chi connectivity index (χ0) is 16.9. The lowest BCUT2D eigenvalue weighted by molar-refractivity contribution is -0.384. The molecule has 0 spiro atoms. The topological polar surface area (TPSA) is 128 Å². The van der Waals surface area contributed by atoms with Crippen molar-refractivity contribution in [2.75, 3.05) is 6.54 Å². The van der Waals surface area contributed by atoms with E-state index >= 15 is 0 Å². The maximum Gasteiger partial charge on any atom is 0.407 e. The molecule has 0 aromatic heterocycles. The lowest BCUT2D eigenvalue weighted by Gasteiger charge is -2.23. The molecule has 4 N–H and O–H groups in total. The first-order valence-electron chi connectivity index (χ1n) is 6.78. The number of nitro groups is 1. The Hall–Kier alpha value is -2.35. The van der Waals surface area contributed by atoms with Gasteiger partial charge >= 0.3 is 6.09 Å². The number of rotatable bonds is 5. The number of hydrogen-bond donors (Lipinski definition) is 3. The Balaban J connectivity index is 2.80. The number of non-ortho nitro benzene ring substituents is 1. The Morgan fingerprint density at radius 2 is 2.14 bits per heavy atom. The number of carbonyl (C=O) groups is 1. The van der Waals surface area contributed by atoms with Crippen LogP contribution in [0.5, 0.6) is 5.75 Å². The molecule has 0 aliphatic heterocycles. The van der Waals surface area contributed by atoms with Crippen LogP contribution in [0.4, 0.5) is 10.5 Å². The molecule has 0 heterocycles. The molecule has 0 fully saturated rings. The summed E-state index contributed by atoms with van der Waals surface area (Å²) in [5.41, 5.74) is 5.15. The third kappa shape index (κ3) is 5.57. The lowest BCUT2D eigenvalue weighted by atomic mass is 10.0. The first-order chi connectivity index (χ1) is 10.1. The van der Waals surface area contributed by atoms with E-state index in [2.05, 4.69) is 5.32 Å². The lowest BCUT2D eigenvalue weighted by Crippen LogP contribution is -2.44. The number of hydrogen-bond acceptors (Lipinski definition) is 6. The van der Waals surface area contributed by atoms with Crippen molar-refractivity contribution in [2.45, 2.75) is 38.8 Å². The van der Waals surface area contributed by atoms with Gasteiger partial charge in [-0.1, -0.05) is 0 Å². The van der Waals surface area contributed by atoms with E-state index in [9.17, 15) is 20.0 Å². The number of phenolic OH excluding ortho intramolecular Hbond substituents is 1. The smallest absolute Gasteiger partial charge is 0.407 e. The molecule has 0 saturated carbocycles. The van der Waals surface area contributed by atoms with Crippen molar-refractivity contribution < 1.29 is 19.6 Å². The van der Waals surface area contributed by atoms with E-state index < -0.39 is 22.7 Å². The zero-order valence-corrected chi connectivity index (χ0v) is 12.8. The summed E-state index contributed by atoms with van der Waals surface area (Å²) in [6, 6.07) is 3.20. The Bertz CT molecular complexity index is 554. The highest BCUT2D eigenvalue weighted by Gasteiger charge is 2.20. The van der Waals surface area contributed by atoms with Crippen LogP contribution in [0.15, 0.2) is 18.2 Å². The molecule has 1 aromatic rings. The van der Waals surface area contributed by atoms with Gasteiger partial charge in [0.2, 0.25) is 0 Å². The van der Waals surface area contributed by atoms with E-state index in [0.717, 1.165) is 0 Å². The number of amides is 1. The number of alkyl carbamates (subject to hydrolysis) is 1. The summed E-state index contributed by atoms with van der Waals surface area (Å²) >= 11 is 0. The Morgan fingerprint density at radius 3 is 2.64 bits per heavy atom. The fourth-order valence-electron chi connectivity index (χ4n) is 1.78. The SMILES string of the molecule is CC(C)(C)OC(=O)NC(CN)Cc1cc([N+](=O)[O-])ccc1O. The predicted molar refractivity (Wildman–Crippen MR) is 80.7 cm³/mol. The molecule has 1 amide bonds. The number of benzene rings is 1. The molecule has 1 unspecified atom stereocenters. The monoisotopic (exact) mass is 311 g/mol. The first-order valence-corrected chi connectivity index (χ1v) is 6.78. The maximum absolute atomic E-state index is 11.7. The molecular formula is C14H21N3O5. The second-order valence-corrected chi connectivity index (χ2v) is 5.85. The average Bonchev–Trinajstić information content (AvgIpc) is 2.37. The van der Waals surface area contributed by atoms with E-state index in [4.69, 9.17) is 10.5 Å². The number of nitrogens with zero attached hydrogens (tertiary/aromatic N) is 1. The van der Waals surface area contributed by atoms with Crippen LogP contribution in [0.2, 0.25) is 0 Å². The van der Waals surface area contributed by atoms with Gasteiger partial charge in [0.15, 0.2) is 0 Å². The molecular weight excluding hydrogens is 290 g/mol.